The number of hydrogen-bond acceptors (Lipinski definition) is 3. The molecule has 1 fully saturated rings. The van der Waals surface area contributed by atoms with Crippen LogP contribution in [-0.4, -0.2) is 35.1 Å². The Morgan fingerprint density at radius 2 is 1.75 bits per heavy atom. The van der Waals surface area contributed by atoms with Crippen molar-refractivity contribution in [2.24, 2.45) is 5.92 Å². The Labute approximate surface area is 110 Å². The van der Waals surface area contributed by atoms with Gasteiger partial charge in [-0.15, -0.1) is 0 Å². The summed E-state index contributed by atoms with van der Waals surface area (Å²) >= 11 is 4.40. The fraction of sp³-hybridized carbons (Fsp3) is 1.00. The van der Waals surface area contributed by atoms with E-state index in [1.807, 2.05) is 0 Å². The summed E-state index contributed by atoms with van der Waals surface area (Å²) in [5.74, 6) is 3.53. The van der Waals surface area contributed by atoms with Gasteiger partial charge >= 0.3 is 0 Å². The first-order chi connectivity index (χ1) is 7.78. The summed E-state index contributed by atoms with van der Waals surface area (Å²) in [6, 6.07) is 0.706. The summed E-state index contributed by atoms with van der Waals surface area (Å²) in [6.07, 6.45) is 3.93. The van der Waals surface area contributed by atoms with E-state index in [-0.39, 0.29) is 0 Å². The van der Waals surface area contributed by atoms with Crippen molar-refractivity contribution >= 4 is 23.5 Å². The maximum atomic E-state index is 3.60. The van der Waals surface area contributed by atoms with E-state index >= 15 is 0 Å². The molecule has 1 aliphatic heterocycles. The molecule has 1 heterocycles. The molecular formula is C13H27NS2. The Morgan fingerprint density at radius 3 is 2.25 bits per heavy atom. The lowest BCUT2D eigenvalue weighted by atomic mass is 9.90. The van der Waals surface area contributed by atoms with Gasteiger partial charge in [0.2, 0.25) is 0 Å². The highest BCUT2D eigenvalue weighted by Gasteiger charge is 2.34. The zero-order valence-corrected chi connectivity index (χ0v) is 12.8. The van der Waals surface area contributed by atoms with Gasteiger partial charge in [-0.1, -0.05) is 33.6 Å². The van der Waals surface area contributed by atoms with Crippen LogP contribution < -0.4 is 5.32 Å². The summed E-state index contributed by atoms with van der Waals surface area (Å²) in [4.78, 5) is 0. The monoisotopic (exact) mass is 261 g/mol. The van der Waals surface area contributed by atoms with E-state index in [1.54, 1.807) is 0 Å². The SMILES string of the molecule is CCC(CC)C(NC)C1SCCSC1CC. The number of thioether (sulfide) groups is 2. The van der Waals surface area contributed by atoms with E-state index in [2.05, 4.69) is 56.7 Å². The van der Waals surface area contributed by atoms with Gasteiger partial charge in [-0.05, 0) is 19.4 Å². The van der Waals surface area contributed by atoms with Crippen LogP contribution in [0.5, 0.6) is 0 Å². The van der Waals surface area contributed by atoms with Crippen LogP contribution in [0.2, 0.25) is 0 Å². The van der Waals surface area contributed by atoms with Crippen LogP contribution in [0.25, 0.3) is 0 Å². The Kier molecular flexibility index (Phi) is 7.25. The molecule has 3 heteroatoms. The van der Waals surface area contributed by atoms with Crippen molar-refractivity contribution in [1.29, 1.82) is 0 Å². The summed E-state index contributed by atoms with van der Waals surface area (Å²) in [7, 11) is 2.15. The van der Waals surface area contributed by atoms with Crippen molar-refractivity contribution in [3.63, 3.8) is 0 Å². The molecule has 0 amide bonds. The van der Waals surface area contributed by atoms with E-state index in [0.717, 1.165) is 16.4 Å². The third kappa shape index (κ3) is 3.58. The fourth-order valence-electron chi connectivity index (χ4n) is 2.74. The molecular weight excluding hydrogens is 234 g/mol. The zero-order chi connectivity index (χ0) is 12.0. The molecule has 1 aliphatic rings. The minimum Gasteiger partial charge on any atom is -0.316 e. The smallest absolute Gasteiger partial charge is 0.0322 e. The zero-order valence-electron chi connectivity index (χ0n) is 11.2. The van der Waals surface area contributed by atoms with Gasteiger partial charge in [0, 0.05) is 28.0 Å². The summed E-state index contributed by atoms with van der Waals surface area (Å²) in [6.45, 7) is 7.01. The van der Waals surface area contributed by atoms with Crippen molar-refractivity contribution in [2.75, 3.05) is 18.6 Å². The molecule has 0 aromatic rings. The topological polar surface area (TPSA) is 12.0 Å². The van der Waals surface area contributed by atoms with Crippen LogP contribution >= 0.6 is 23.5 Å². The predicted octanol–water partition coefficient (Wildman–Crippen LogP) is 3.64. The molecule has 0 bridgehead atoms. The highest BCUT2D eigenvalue weighted by Crippen LogP contribution is 2.37. The van der Waals surface area contributed by atoms with Gasteiger partial charge in [0.1, 0.15) is 0 Å². The second-order valence-electron chi connectivity index (χ2n) is 4.54. The molecule has 0 aliphatic carbocycles. The Morgan fingerprint density at radius 1 is 1.12 bits per heavy atom. The summed E-state index contributed by atoms with van der Waals surface area (Å²) < 4.78 is 0. The van der Waals surface area contributed by atoms with Gasteiger partial charge in [0.05, 0.1) is 0 Å². The van der Waals surface area contributed by atoms with Crippen LogP contribution in [0, 0.1) is 5.92 Å². The Bertz CT molecular complexity index is 175. The van der Waals surface area contributed by atoms with E-state index < -0.39 is 0 Å². The first-order valence-electron chi connectivity index (χ1n) is 6.68. The van der Waals surface area contributed by atoms with Crippen LogP contribution in [0.4, 0.5) is 0 Å². The minimum atomic E-state index is 0.706. The van der Waals surface area contributed by atoms with Crippen LogP contribution in [-0.2, 0) is 0 Å². The third-order valence-electron chi connectivity index (χ3n) is 3.74. The van der Waals surface area contributed by atoms with Gasteiger partial charge in [0.15, 0.2) is 0 Å². The Hall–Kier alpha value is 0.660. The van der Waals surface area contributed by atoms with E-state index in [1.165, 1.54) is 30.8 Å². The molecule has 0 spiro atoms. The molecule has 16 heavy (non-hydrogen) atoms. The lowest BCUT2D eigenvalue weighted by Gasteiger charge is -2.39. The Balaban J connectivity index is 2.67. The quantitative estimate of drug-likeness (QED) is 0.784. The second-order valence-corrected chi connectivity index (χ2v) is 7.18. The molecule has 3 atom stereocenters. The van der Waals surface area contributed by atoms with Crippen LogP contribution in [0.15, 0.2) is 0 Å². The maximum absolute atomic E-state index is 3.60. The molecule has 0 saturated carbocycles. The largest absolute Gasteiger partial charge is 0.316 e. The molecule has 1 rings (SSSR count). The normalized spacial score (nSPS) is 28.3. The van der Waals surface area contributed by atoms with Crippen molar-refractivity contribution in [3.8, 4) is 0 Å². The van der Waals surface area contributed by atoms with Gasteiger partial charge in [-0.25, -0.2) is 0 Å². The standard InChI is InChI=1S/C13H27NS2/c1-5-10(6-2)12(14-4)13-11(7-3)15-8-9-16-13/h10-14H,5-9H2,1-4H3. The van der Waals surface area contributed by atoms with E-state index in [0.29, 0.717) is 6.04 Å². The molecule has 1 saturated heterocycles. The molecule has 0 radical (unpaired) electrons. The van der Waals surface area contributed by atoms with Gasteiger partial charge in [-0.2, -0.15) is 23.5 Å². The van der Waals surface area contributed by atoms with Crippen molar-refractivity contribution in [2.45, 2.75) is 56.6 Å². The van der Waals surface area contributed by atoms with Gasteiger partial charge in [-0.3, -0.25) is 0 Å². The van der Waals surface area contributed by atoms with Crippen molar-refractivity contribution in [3.05, 3.63) is 0 Å². The van der Waals surface area contributed by atoms with Crippen LogP contribution in [0.1, 0.15) is 40.0 Å². The predicted molar refractivity (Wildman–Crippen MR) is 79.7 cm³/mol. The molecule has 96 valence electrons. The molecule has 0 aromatic heterocycles. The summed E-state index contributed by atoms with van der Waals surface area (Å²) in [5.41, 5.74) is 0. The van der Waals surface area contributed by atoms with Crippen molar-refractivity contribution < 1.29 is 0 Å². The highest BCUT2D eigenvalue weighted by molar-refractivity contribution is 8.07. The second kappa shape index (κ2) is 7.88. The third-order valence-corrected chi connectivity index (χ3v) is 7.11. The average molecular weight is 261 g/mol. The fourth-order valence-corrected chi connectivity index (χ4v) is 6.12. The minimum absolute atomic E-state index is 0.706. The molecule has 0 aromatic carbocycles. The van der Waals surface area contributed by atoms with Crippen LogP contribution in [0.3, 0.4) is 0 Å². The molecule has 1 N–H and O–H groups in total. The summed E-state index contributed by atoms with van der Waals surface area (Å²) in [5, 5.41) is 5.28. The molecule has 3 unspecified atom stereocenters. The first kappa shape index (κ1) is 14.7. The van der Waals surface area contributed by atoms with Gasteiger partial charge < -0.3 is 5.32 Å². The number of hydrogen-bond donors (Lipinski definition) is 1. The van der Waals surface area contributed by atoms with Gasteiger partial charge in [0.25, 0.3) is 0 Å². The highest BCUT2D eigenvalue weighted by atomic mass is 32.2. The average Bonchev–Trinajstić information content (AvgIpc) is 2.35. The lowest BCUT2D eigenvalue weighted by molar-refractivity contribution is 0.337. The van der Waals surface area contributed by atoms with E-state index in [4.69, 9.17) is 0 Å². The molecule has 1 nitrogen and oxygen atoms in total. The number of rotatable bonds is 6. The van der Waals surface area contributed by atoms with Crippen molar-refractivity contribution in [1.82, 2.24) is 5.32 Å². The lowest BCUT2D eigenvalue weighted by Crippen LogP contribution is -2.47. The van der Waals surface area contributed by atoms with E-state index in [9.17, 15) is 0 Å². The first-order valence-corrected chi connectivity index (χ1v) is 8.78. The number of nitrogens with one attached hydrogen (secondary N) is 1. The maximum Gasteiger partial charge on any atom is 0.0322 e.